The van der Waals surface area contributed by atoms with Gasteiger partial charge < -0.3 is 10.2 Å². The lowest BCUT2D eigenvalue weighted by atomic mass is 10.1. The van der Waals surface area contributed by atoms with Crippen LogP contribution in [0, 0.1) is 11.3 Å². The van der Waals surface area contributed by atoms with Crippen molar-refractivity contribution in [2.75, 3.05) is 0 Å². The highest BCUT2D eigenvalue weighted by Gasteiger charge is 2.18. The second-order valence-electron chi connectivity index (χ2n) is 2.66. The summed E-state index contributed by atoms with van der Waals surface area (Å²) in [7, 11) is 0. The lowest BCUT2D eigenvalue weighted by Crippen LogP contribution is -2.17. The zero-order valence-electron chi connectivity index (χ0n) is 7.13. The molecule has 0 spiro atoms. The number of hydrogen-bond acceptors (Lipinski definition) is 5. The van der Waals surface area contributed by atoms with Crippen LogP contribution in [0.2, 0.25) is 5.28 Å². The molecule has 0 aliphatic carbocycles. The van der Waals surface area contributed by atoms with Gasteiger partial charge in [0.1, 0.15) is 6.10 Å². The minimum absolute atomic E-state index is 0.0655. The van der Waals surface area contributed by atoms with E-state index in [0.29, 0.717) is 5.56 Å². The first kappa shape index (κ1) is 10.9. The Labute approximate surface area is 85.6 Å². The molecule has 0 saturated carbocycles. The molecule has 0 aromatic carbocycles. The number of aliphatic hydroxyl groups excluding tert-OH is 2. The van der Waals surface area contributed by atoms with Crippen LogP contribution in [-0.4, -0.2) is 26.3 Å². The summed E-state index contributed by atoms with van der Waals surface area (Å²) in [5, 5.41) is 27.1. The molecule has 6 heteroatoms. The summed E-state index contributed by atoms with van der Waals surface area (Å²) >= 11 is 5.44. The average Bonchev–Trinajstić information content (AvgIpc) is 2.18. The first-order chi connectivity index (χ1) is 6.65. The quantitative estimate of drug-likeness (QED) is 0.711. The van der Waals surface area contributed by atoms with Crippen molar-refractivity contribution in [3.63, 3.8) is 0 Å². The Bertz CT molecular complexity index is 335. The molecule has 5 nitrogen and oxygen atoms in total. The van der Waals surface area contributed by atoms with Crippen molar-refractivity contribution in [1.29, 1.82) is 5.26 Å². The Morgan fingerprint density at radius 2 is 2.00 bits per heavy atom. The van der Waals surface area contributed by atoms with Gasteiger partial charge in [-0.3, -0.25) is 0 Å². The topological polar surface area (TPSA) is 90.0 Å². The van der Waals surface area contributed by atoms with Crippen LogP contribution in [0.4, 0.5) is 0 Å². The normalized spacial score (nSPS) is 14.4. The van der Waals surface area contributed by atoms with Crippen molar-refractivity contribution < 1.29 is 10.2 Å². The largest absolute Gasteiger partial charge is 0.389 e. The fraction of sp³-hybridized carbons (Fsp3) is 0.375. The van der Waals surface area contributed by atoms with Gasteiger partial charge in [-0.15, -0.1) is 0 Å². The van der Waals surface area contributed by atoms with Crippen molar-refractivity contribution in [3.05, 3.63) is 23.2 Å². The van der Waals surface area contributed by atoms with E-state index in [2.05, 4.69) is 9.97 Å². The maximum Gasteiger partial charge on any atom is 0.222 e. The predicted octanol–water partition coefficient (Wildman–Crippen LogP) is 0.438. The van der Waals surface area contributed by atoms with E-state index in [1.54, 1.807) is 6.07 Å². The van der Waals surface area contributed by atoms with E-state index >= 15 is 0 Å². The molecule has 1 heterocycles. The van der Waals surface area contributed by atoms with Gasteiger partial charge in [-0.05, 0) is 11.6 Å². The first-order valence-corrected chi connectivity index (χ1v) is 4.23. The Hall–Kier alpha value is -1.22. The van der Waals surface area contributed by atoms with E-state index in [4.69, 9.17) is 16.9 Å². The van der Waals surface area contributed by atoms with Crippen molar-refractivity contribution in [3.8, 4) is 6.07 Å². The highest BCUT2D eigenvalue weighted by molar-refractivity contribution is 6.28. The molecule has 0 aliphatic rings. The second kappa shape index (κ2) is 4.86. The zero-order chi connectivity index (χ0) is 10.6. The summed E-state index contributed by atoms with van der Waals surface area (Å²) < 4.78 is 0. The zero-order valence-corrected chi connectivity index (χ0v) is 7.89. The average molecular weight is 214 g/mol. The van der Waals surface area contributed by atoms with E-state index in [0.717, 1.165) is 0 Å². The summed E-state index contributed by atoms with van der Waals surface area (Å²) in [4.78, 5) is 7.29. The molecule has 2 atom stereocenters. The smallest absolute Gasteiger partial charge is 0.222 e. The molecule has 0 saturated heterocycles. The monoisotopic (exact) mass is 213 g/mol. The molecule has 74 valence electrons. The summed E-state index contributed by atoms with van der Waals surface area (Å²) in [6.45, 7) is 0. The molecule has 1 aromatic rings. The standard InChI is InChI=1S/C8H8ClN3O2/c9-8-11-3-5(4-12-8)7(14)6(13)1-2-10/h3-4,6-7,13-14H,1H2. The van der Waals surface area contributed by atoms with E-state index in [9.17, 15) is 10.2 Å². The van der Waals surface area contributed by atoms with Gasteiger partial charge in [0, 0.05) is 18.0 Å². The summed E-state index contributed by atoms with van der Waals surface area (Å²) in [5.41, 5.74) is 0.331. The van der Waals surface area contributed by atoms with E-state index in [1.807, 2.05) is 0 Å². The molecule has 0 fully saturated rings. The van der Waals surface area contributed by atoms with Crippen LogP contribution in [0.25, 0.3) is 0 Å². The van der Waals surface area contributed by atoms with E-state index in [-0.39, 0.29) is 11.7 Å². The summed E-state index contributed by atoms with van der Waals surface area (Å²) in [6.07, 6.45) is 0.169. The molecule has 2 N–H and O–H groups in total. The highest BCUT2D eigenvalue weighted by atomic mass is 35.5. The van der Waals surface area contributed by atoms with Crippen molar-refractivity contribution in [1.82, 2.24) is 9.97 Å². The van der Waals surface area contributed by atoms with Gasteiger partial charge in [0.15, 0.2) is 0 Å². The number of rotatable bonds is 3. The van der Waals surface area contributed by atoms with Gasteiger partial charge in [-0.1, -0.05) is 0 Å². The lowest BCUT2D eigenvalue weighted by molar-refractivity contribution is 0.0212. The Kier molecular flexibility index (Phi) is 3.77. The van der Waals surface area contributed by atoms with Crippen molar-refractivity contribution >= 4 is 11.6 Å². The molecule has 0 amide bonds. The molecule has 0 bridgehead atoms. The number of halogens is 1. The summed E-state index contributed by atoms with van der Waals surface area (Å²) in [5.74, 6) is 0. The van der Waals surface area contributed by atoms with Crippen LogP contribution in [-0.2, 0) is 0 Å². The van der Waals surface area contributed by atoms with Gasteiger partial charge in [0.2, 0.25) is 5.28 Å². The van der Waals surface area contributed by atoms with Crippen LogP contribution in [0.3, 0.4) is 0 Å². The van der Waals surface area contributed by atoms with Crippen molar-refractivity contribution in [2.24, 2.45) is 0 Å². The molecule has 1 rings (SSSR count). The Balaban J connectivity index is 2.74. The van der Waals surface area contributed by atoms with Crippen LogP contribution in [0.1, 0.15) is 18.1 Å². The summed E-state index contributed by atoms with van der Waals surface area (Å²) in [6, 6.07) is 1.75. The van der Waals surface area contributed by atoms with Gasteiger partial charge in [0.05, 0.1) is 18.6 Å². The van der Waals surface area contributed by atoms with E-state index in [1.165, 1.54) is 12.4 Å². The van der Waals surface area contributed by atoms with E-state index < -0.39 is 12.2 Å². The second-order valence-corrected chi connectivity index (χ2v) is 3.00. The molecule has 1 aromatic heterocycles. The fourth-order valence-electron chi connectivity index (χ4n) is 0.902. The third-order valence-corrected chi connectivity index (χ3v) is 1.84. The third-order valence-electron chi connectivity index (χ3n) is 1.65. The van der Waals surface area contributed by atoms with Crippen LogP contribution in [0.5, 0.6) is 0 Å². The maximum atomic E-state index is 9.49. The van der Waals surface area contributed by atoms with Gasteiger partial charge in [0.25, 0.3) is 0 Å². The van der Waals surface area contributed by atoms with Crippen LogP contribution >= 0.6 is 11.6 Å². The Morgan fingerprint density at radius 3 is 2.50 bits per heavy atom. The molecule has 2 unspecified atom stereocenters. The molecular formula is C8H8ClN3O2. The molecule has 0 aliphatic heterocycles. The predicted molar refractivity (Wildman–Crippen MR) is 48.2 cm³/mol. The minimum atomic E-state index is -1.16. The lowest BCUT2D eigenvalue weighted by Gasteiger charge is -2.14. The minimum Gasteiger partial charge on any atom is -0.389 e. The third kappa shape index (κ3) is 2.64. The fourth-order valence-corrected chi connectivity index (χ4v) is 1.000. The van der Waals surface area contributed by atoms with Gasteiger partial charge >= 0.3 is 0 Å². The number of hydrogen-bond donors (Lipinski definition) is 2. The first-order valence-electron chi connectivity index (χ1n) is 3.85. The van der Waals surface area contributed by atoms with Gasteiger partial charge in [-0.2, -0.15) is 5.26 Å². The van der Waals surface area contributed by atoms with Crippen LogP contribution in [0.15, 0.2) is 12.4 Å². The molecular weight excluding hydrogens is 206 g/mol. The number of aromatic nitrogens is 2. The Morgan fingerprint density at radius 1 is 1.43 bits per heavy atom. The highest BCUT2D eigenvalue weighted by Crippen LogP contribution is 2.17. The van der Waals surface area contributed by atoms with Crippen LogP contribution < -0.4 is 0 Å². The van der Waals surface area contributed by atoms with Crippen molar-refractivity contribution in [2.45, 2.75) is 18.6 Å². The SMILES string of the molecule is N#CCC(O)C(O)c1cnc(Cl)nc1. The molecule has 0 radical (unpaired) electrons. The number of nitrogens with zero attached hydrogens (tertiary/aromatic N) is 3. The number of nitriles is 1. The maximum absolute atomic E-state index is 9.49. The molecule has 14 heavy (non-hydrogen) atoms. The van der Waals surface area contributed by atoms with Gasteiger partial charge in [-0.25, -0.2) is 9.97 Å². The number of aliphatic hydroxyl groups is 2.